The molecule has 2 aromatic carbocycles. The van der Waals surface area contributed by atoms with Crippen LogP contribution in [-0.4, -0.2) is 35.9 Å². The summed E-state index contributed by atoms with van der Waals surface area (Å²) in [6, 6.07) is 13.8. The summed E-state index contributed by atoms with van der Waals surface area (Å²) in [5, 5.41) is 9.40. The Morgan fingerprint density at radius 2 is 1.88 bits per heavy atom. The number of carbonyl (C=O) groups is 1. The Hall–Kier alpha value is -3.55. The molecule has 2 heterocycles. The lowest BCUT2D eigenvalue weighted by atomic mass is 9.87. The molecule has 0 saturated heterocycles. The van der Waals surface area contributed by atoms with Gasteiger partial charge in [-0.15, -0.1) is 0 Å². The summed E-state index contributed by atoms with van der Waals surface area (Å²) in [4.78, 5) is 17.4. The maximum Gasteiger partial charge on any atom is 0.393 e. The third kappa shape index (κ3) is 5.50. The van der Waals surface area contributed by atoms with Crippen molar-refractivity contribution in [2.45, 2.75) is 37.8 Å². The van der Waals surface area contributed by atoms with Crippen LogP contribution in [0.3, 0.4) is 0 Å². The number of halogens is 3. The van der Waals surface area contributed by atoms with Crippen LogP contribution >= 0.6 is 0 Å². The number of fused-ring (bicyclic) bond motifs is 1. The first-order valence-electron chi connectivity index (χ1n) is 11.0. The molecule has 0 radical (unpaired) electrons. The standard InChI is InChI=1S/C26H25F3N2O3/c1-31(20-6-2-17(3-7-20)15-26(27,28)29)21-8-9-22-18(11-13-34-24(22)14-21)4-5-19-16-30-12-10-23(19)25(32)33/h2-3,6-10,12,14,16,18H,4-5,11,13,15H2,1H3,(H,32,33)/t18-/m1/s1. The molecule has 1 aromatic heterocycles. The van der Waals surface area contributed by atoms with E-state index in [9.17, 15) is 23.1 Å². The van der Waals surface area contributed by atoms with Crippen LogP contribution in [-0.2, 0) is 12.8 Å². The first kappa shape index (κ1) is 23.6. The number of hydrogen-bond donors (Lipinski definition) is 1. The number of carboxylic acids is 1. The number of rotatable bonds is 7. The van der Waals surface area contributed by atoms with E-state index in [1.54, 1.807) is 18.3 Å². The summed E-state index contributed by atoms with van der Waals surface area (Å²) in [7, 11) is 1.86. The number of carboxylic acid groups (broad SMARTS) is 1. The summed E-state index contributed by atoms with van der Waals surface area (Å²) in [6.45, 7) is 0.565. The lowest BCUT2D eigenvalue weighted by Gasteiger charge is -2.28. The minimum atomic E-state index is -4.23. The van der Waals surface area contributed by atoms with E-state index in [0.717, 1.165) is 35.5 Å². The fraction of sp³-hybridized carbons (Fsp3) is 0.308. The Balaban J connectivity index is 1.48. The van der Waals surface area contributed by atoms with Gasteiger partial charge in [0.1, 0.15) is 5.75 Å². The van der Waals surface area contributed by atoms with E-state index in [4.69, 9.17) is 4.74 Å². The first-order chi connectivity index (χ1) is 16.2. The zero-order chi connectivity index (χ0) is 24.3. The molecule has 8 heteroatoms. The van der Waals surface area contributed by atoms with Crippen LogP contribution in [0, 0.1) is 0 Å². The lowest BCUT2D eigenvalue weighted by molar-refractivity contribution is -0.127. The van der Waals surface area contributed by atoms with E-state index in [1.165, 1.54) is 24.4 Å². The van der Waals surface area contributed by atoms with Crippen LogP contribution in [0.15, 0.2) is 60.9 Å². The number of hydrogen-bond acceptors (Lipinski definition) is 4. The Morgan fingerprint density at radius 3 is 2.59 bits per heavy atom. The lowest BCUT2D eigenvalue weighted by Crippen LogP contribution is -2.17. The minimum absolute atomic E-state index is 0.223. The van der Waals surface area contributed by atoms with E-state index in [-0.39, 0.29) is 17.0 Å². The van der Waals surface area contributed by atoms with Gasteiger partial charge in [-0.05, 0) is 66.1 Å². The highest BCUT2D eigenvalue weighted by Gasteiger charge is 2.27. The molecule has 178 valence electrons. The maximum absolute atomic E-state index is 12.6. The minimum Gasteiger partial charge on any atom is -0.493 e. The number of nitrogens with zero attached hydrogens (tertiary/aromatic N) is 2. The van der Waals surface area contributed by atoms with Crippen LogP contribution in [0.2, 0.25) is 0 Å². The number of anilines is 2. The Morgan fingerprint density at radius 1 is 1.15 bits per heavy atom. The molecule has 3 aromatic rings. The van der Waals surface area contributed by atoms with Crippen molar-refractivity contribution >= 4 is 17.3 Å². The molecule has 1 N–H and O–H groups in total. The second-order valence-electron chi connectivity index (χ2n) is 8.45. The average molecular weight is 470 g/mol. The predicted octanol–water partition coefficient (Wildman–Crippen LogP) is 6.15. The van der Waals surface area contributed by atoms with E-state index in [0.29, 0.717) is 18.6 Å². The molecule has 1 aliphatic heterocycles. The van der Waals surface area contributed by atoms with Crippen molar-refractivity contribution in [3.63, 3.8) is 0 Å². The molecular formula is C26H25F3N2O3. The molecule has 0 spiro atoms. The number of aromatic nitrogens is 1. The number of aryl methyl sites for hydroxylation is 1. The summed E-state index contributed by atoms with van der Waals surface area (Å²) >= 11 is 0. The van der Waals surface area contributed by atoms with Gasteiger partial charge in [0.2, 0.25) is 0 Å². The maximum atomic E-state index is 12.6. The SMILES string of the molecule is CN(c1ccc(CC(F)(F)F)cc1)c1ccc2c(c1)OCC[C@H]2CCc1cnccc1C(=O)O. The molecular weight excluding hydrogens is 445 g/mol. The van der Waals surface area contributed by atoms with Gasteiger partial charge in [-0.3, -0.25) is 4.98 Å². The smallest absolute Gasteiger partial charge is 0.393 e. The van der Waals surface area contributed by atoms with E-state index >= 15 is 0 Å². The molecule has 4 rings (SSSR count). The van der Waals surface area contributed by atoms with Crippen molar-refractivity contribution in [3.05, 3.63) is 83.2 Å². The number of ether oxygens (including phenoxy) is 1. The molecule has 0 bridgehead atoms. The van der Waals surface area contributed by atoms with Crippen LogP contribution in [0.4, 0.5) is 24.5 Å². The summed E-state index contributed by atoms with van der Waals surface area (Å²) in [5.41, 5.74) is 3.93. The van der Waals surface area contributed by atoms with Crippen LogP contribution in [0.25, 0.3) is 0 Å². The van der Waals surface area contributed by atoms with Crippen molar-refractivity contribution in [1.82, 2.24) is 4.98 Å². The normalized spacial score (nSPS) is 15.4. The van der Waals surface area contributed by atoms with Crippen molar-refractivity contribution < 1.29 is 27.8 Å². The molecule has 1 aliphatic rings. The highest BCUT2D eigenvalue weighted by molar-refractivity contribution is 5.89. The van der Waals surface area contributed by atoms with Gasteiger partial charge in [-0.1, -0.05) is 18.2 Å². The highest BCUT2D eigenvalue weighted by atomic mass is 19.4. The first-order valence-corrected chi connectivity index (χ1v) is 11.0. The van der Waals surface area contributed by atoms with Crippen LogP contribution in [0.5, 0.6) is 5.75 Å². The quantitative estimate of drug-likeness (QED) is 0.449. The van der Waals surface area contributed by atoms with Gasteiger partial charge < -0.3 is 14.7 Å². The third-order valence-electron chi connectivity index (χ3n) is 6.17. The fourth-order valence-electron chi connectivity index (χ4n) is 4.34. The highest BCUT2D eigenvalue weighted by Crippen LogP contribution is 2.40. The molecule has 34 heavy (non-hydrogen) atoms. The monoisotopic (exact) mass is 470 g/mol. The summed E-state index contributed by atoms with van der Waals surface area (Å²) in [6.07, 6.45) is 0.139. The second kappa shape index (κ2) is 9.75. The third-order valence-corrected chi connectivity index (χ3v) is 6.17. The molecule has 0 unspecified atom stereocenters. The molecule has 5 nitrogen and oxygen atoms in total. The van der Waals surface area contributed by atoms with Crippen molar-refractivity contribution in [2.24, 2.45) is 0 Å². The van der Waals surface area contributed by atoms with E-state index in [2.05, 4.69) is 4.98 Å². The van der Waals surface area contributed by atoms with Gasteiger partial charge in [0.15, 0.2) is 0 Å². The zero-order valence-electron chi connectivity index (χ0n) is 18.7. The van der Waals surface area contributed by atoms with Gasteiger partial charge in [-0.2, -0.15) is 13.2 Å². The van der Waals surface area contributed by atoms with Crippen molar-refractivity contribution in [3.8, 4) is 5.75 Å². The Bertz CT molecular complexity index is 1160. The second-order valence-corrected chi connectivity index (χ2v) is 8.45. The number of alkyl halides is 3. The number of pyridine rings is 1. The van der Waals surface area contributed by atoms with Gasteiger partial charge in [0.25, 0.3) is 0 Å². The largest absolute Gasteiger partial charge is 0.493 e. The van der Waals surface area contributed by atoms with Crippen molar-refractivity contribution in [1.29, 1.82) is 0 Å². The molecule has 1 atom stereocenters. The van der Waals surface area contributed by atoms with Crippen molar-refractivity contribution in [2.75, 3.05) is 18.6 Å². The Kier molecular flexibility index (Phi) is 6.77. The van der Waals surface area contributed by atoms with E-state index in [1.807, 2.05) is 30.1 Å². The molecule has 0 amide bonds. The molecule has 0 fully saturated rings. The number of aromatic carboxylic acids is 1. The number of benzene rings is 2. The van der Waals surface area contributed by atoms with Crippen LogP contribution < -0.4 is 9.64 Å². The van der Waals surface area contributed by atoms with Gasteiger partial charge in [0, 0.05) is 36.9 Å². The molecule has 0 aliphatic carbocycles. The van der Waals surface area contributed by atoms with Gasteiger partial charge >= 0.3 is 12.1 Å². The fourth-order valence-corrected chi connectivity index (χ4v) is 4.34. The zero-order valence-corrected chi connectivity index (χ0v) is 18.7. The Labute approximate surface area is 195 Å². The van der Waals surface area contributed by atoms with Gasteiger partial charge in [-0.25, -0.2) is 4.79 Å². The van der Waals surface area contributed by atoms with Gasteiger partial charge in [0.05, 0.1) is 18.6 Å². The average Bonchev–Trinajstić information content (AvgIpc) is 2.81. The van der Waals surface area contributed by atoms with Crippen LogP contribution in [0.1, 0.15) is 45.8 Å². The summed E-state index contributed by atoms with van der Waals surface area (Å²) in [5.74, 6) is 0.0504. The molecule has 0 saturated carbocycles. The summed E-state index contributed by atoms with van der Waals surface area (Å²) < 4.78 is 43.7. The topological polar surface area (TPSA) is 62.7 Å². The van der Waals surface area contributed by atoms with E-state index < -0.39 is 18.6 Å². The predicted molar refractivity (Wildman–Crippen MR) is 123 cm³/mol.